The van der Waals surface area contributed by atoms with Gasteiger partial charge in [-0.1, -0.05) is 70.2 Å². The number of hydrogen-bond acceptors (Lipinski definition) is 14. The van der Waals surface area contributed by atoms with Crippen molar-refractivity contribution in [1.29, 1.82) is 0 Å². The largest absolute Gasteiger partial charge is 0.508 e. The van der Waals surface area contributed by atoms with Crippen molar-refractivity contribution >= 4 is 65.2 Å². The second kappa shape index (κ2) is 29.4. The second-order valence-corrected chi connectivity index (χ2v) is 17.4. The molecule has 0 fully saturated rings. The Kier molecular flexibility index (Phi) is 24.6. The van der Waals surface area contributed by atoms with Gasteiger partial charge < -0.3 is 73.8 Å². The lowest BCUT2D eigenvalue weighted by molar-refractivity contribution is -0.142. The molecule has 0 spiro atoms. The van der Waals surface area contributed by atoms with Gasteiger partial charge in [0.05, 0.1) is 31.7 Å². The molecule has 0 bridgehead atoms. The van der Waals surface area contributed by atoms with E-state index in [2.05, 4.69) is 42.5 Å². The van der Waals surface area contributed by atoms with E-state index in [1.165, 1.54) is 38.1 Å². The Hall–Kier alpha value is -7.67. The fourth-order valence-corrected chi connectivity index (χ4v) is 6.70. The lowest BCUT2D eigenvalue weighted by Gasteiger charge is -2.28. The third kappa shape index (κ3) is 22.1. The highest BCUT2D eigenvalue weighted by molar-refractivity contribution is 5.98. The molecule has 0 aromatic heterocycles. The van der Waals surface area contributed by atoms with Crippen molar-refractivity contribution in [2.75, 3.05) is 13.1 Å². The number of aliphatic hydroxyl groups excluding tert-OH is 1. The van der Waals surface area contributed by atoms with Gasteiger partial charge in [0.1, 0.15) is 42.0 Å². The molecule has 71 heavy (non-hydrogen) atoms. The van der Waals surface area contributed by atoms with Gasteiger partial charge in [0.2, 0.25) is 47.3 Å². The van der Waals surface area contributed by atoms with Crippen LogP contribution >= 0.6 is 0 Å². The predicted octanol–water partition coefficient (Wildman–Crippen LogP) is -2.85. The molecule has 25 heteroatoms. The molecule has 0 unspecified atom stereocenters. The van der Waals surface area contributed by atoms with Gasteiger partial charge >= 0.3 is 17.9 Å². The van der Waals surface area contributed by atoms with E-state index in [1.807, 2.05) is 0 Å². The summed E-state index contributed by atoms with van der Waals surface area (Å²) < 4.78 is 0. The van der Waals surface area contributed by atoms with E-state index in [9.17, 15) is 78.3 Å². The van der Waals surface area contributed by atoms with Crippen LogP contribution in [-0.2, 0) is 65.6 Å². The Morgan fingerprint density at radius 3 is 1.58 bits per heavy atom. The molecule has 8 amide bonds. The van der Waals surface area contributed by atoms with Crippen LogP contribution in [0.15, 0.2) is 54.6 Å². The average molecular weight is 1000 g/mol. The lowest BCUT2D eigenvalue weighted by Crippen LogP contribution is -2.61. The van der Waals surface area contributed by atoms with E-state index < -0.39 is 152 Å². The molecule has 15 N–H and O–H groups in total. The summed E-state index contributed by atoms with van der Waals surface area (Å²) in [6.45, 7) is 6.19. The van der Waals surface area contributed by atoms with Crippen LogP contribution in [0.25, 0.3) is 0 Å². The van der Waals surface area contributed by atoms with E-state index >= 15 is 0 Å². The first kappa shape index (κ1) is 59.5. The zero-order valence-electron chi connectivity index (χ0n) is 39.9. The summed E-state index contributed by atoms with van der Waals surface area (Å²) in [4.78, 5) is 141. The van der Waals surface area contributed by atoms with Crippen LogP contribution in [0.3, 0.4) is 0 Å². The van der Waals surface area contributed by atoms with Gasteiger partial charge in [0, 0.05) is 12.8 Å². The number of aromatic hydroxyl groups is 1. The van der Waals surface area contributed by atoms with Crippen molar-refractivity contribution in [2.45, 2.75) is 122 Å². The number of amides is 8. The van der Waals surface area contributed by atoms with Gasteiger partial charge in [-0.25, -0.2) is 4.79 Å². The maximum absolute atomic E-state index is 14.0. The predicted molar refractivity (Wildman–Crippen MR) is 250 cm³/mol. The summed E-state index contributed by atoms with van der Waals surface area (Å²) in [6.07, 6.45) is -3.84. The molecule has 0 saturated heterocycles. The quantitative estimate of drug-likeness (QED) is 0.0375. The first-order valence-corrected chi connectivity index (χ1v) is 22.5. The molecule has 2 aromatic carbocycles. The van der Waals surface area contributed by atoms with Crippen molar-refractivity contribution in [2.24, 2.45) is 17.6 Å². The number of nitrogens with one attached hydrogen (secondary N) is 8. The molecule has 0 saturated carbocycles. The molecule has 0 heterocycles. The van der Waals surface area contributed by atoms with Crippen molar-refractivity contribution in [1.82, 2.24) is 42.5 Å². The smallest absolute Gasteiger partial charge is 0.326 e. The molecule has 25 nitrogen and oxygen atoms in total. The van der Waals surface area contributed by atoms with Crippen molar-refractivity contribution in [3.05, 3.63) is 65.7 Å². The number of nitrogens with two attached hydrogens (primary N) is 1. The number of carbonyl (C=O) groups excluding carboxylic acids is 8. The number of carbonyl (C=O) groups is 11. The van der Waals surface area contributed by atoms with Gasteiger partial charge in [-0.3, -0.25) is 47.9 Å². The fraction of sp³-hybridized carbons (Fsp3) is 0.500. The van der Waals surface area contributed by atoms with Crippen LogP contribution in [0.1, 0.15) is 71.4 Å². The first-order chi connectivity index (χ1) is 33.3. The maximum atomic E-state index is 14.0. The fourth-order valence-electron chi connectivity index (χ4n) is 6.70. The Labute approximate surface area is 408 Å². The Balaban J connectivity index is 2.22. The highest BCUT2D eigenvalue weighted by Gasteiger charge is 2.35. The number of carboxylic acids is 3. The minimum Gasteiger partial charge on any atom is -0.508 e. The molecule has 390 valence electrons. The molecule has 0 aliphatic heterocycles. The minimum atomic E-state index is -1.89. The lowest BCUT2D eigenvalue weighted by atomic mass is 10.0. The number of phenolic OH excluding ortho intramolecular Hbond substituents is 1. The van der Waals surface area contributed by atoms with Crippen LogP contribution in [0.2, 0.25) is 0 Å². The van der Waals surface area contributed by atoms with Crippen molar-refractivity contribution in [3.63, 3.8) is 0 Å². The Bertz CT molecular complexity index is 2190. The highest BCUT2D eigenvalue weighted by atomic mass is 16.4. The number of phenols is 1. The monoisotopic (exact) mass is 999 g/mol. The molecule has 0 radical (unpaired) electrons. The maximum Gasteiger partial charge on any atom is 0.326 e. The topological polar surface area (TPSA) is 411 Å². The first-order valence-electron chi connectivity index (χ1n) is 22.5. The average Bonchev–Trinajstić information content (AvgIpc) is 3.29. The van der Waals surface area contributed by atoms with Gasteiger partial charge in [0.25, 0.3) is 0 Å². The van der Waals surface area contributed by atoms with Gasteiger partial charge in [-0.15, -0.1) is 0 Å². The molecule has 0 aliphatic rings. The summed E-state index contributed by atoms with van der Waals surface area (Å²) in [5.74, 6) is -13.0. The zero-order chi connectivity index (χ0) is 53.5. The summed E-state index contributed by atoms with van der Waals surface area (Å²) in [5, 5.41) is 66.8. The molecule has 8 atom stereocenters. The molecule has 2 rings (SSSR count). The molecule has 0 aliphatic carbocycles. The van der Waals surface area contributed by atoms with E-state index in [0.29, 0.717) is 11.1 Å². The third-order valence-electron chi connectivity index (χ3n) is 10.5. The van der Waals surface area contributed by atoms with E-state index in [4.69, 9.17) is 5.73 Å². The Morgan fingerprint density at radius 2 is 1.06 bits per heavy atom. The Morgan fingerprint density at radius 1 is 0.535 bits per heavy atom. The van der Waals surface area contributed by atoms with Crippen LogP contribution < -0.4 is 48.3 Å². The van der Waals surface area contributed by atoms with Gasteiger partial charge in [-0.05, 0) is 61.3 Å². The van der Waals surface area contributed by atoms with Crippen LogP contribution in [-0.4, -0.2) is 152 Å². The highest BCUT2D eigenvalue weighted by Crippen LogP contribution is 2.12. The summed E-state index contributed by atoms with van der Waals surface area (Å²) >= 11 is 0. The van der Waals surface area contributed by atoms with Crippen LogP contribution in [0, 0.1) is 11.8 Å². The zero-order valence-corrected chi connectivity index (χ0v) is 39.9. The number of carboxylic acid groups (broad SMARTS) is 3. The number of benzene rings is 2. The van der Waals surface area contributed by atoms with E-state index in [0.717, 1.165) is 6.92 Å². The number of aliphatic carboxylic acids is 3. The standard InChI is InChI=1S/C46H65N9O16/c1-23(2)17-33(46(70)71)51-35(59)21-48-41(65)30(15-16-36(60)61)50-34(58)22-49-44(68)38(24(3)4)54-43(67)31(19-26-9-7-6-8-10-26)52-42(66)32(20-37(62)63)53-45(69)39(25(5)56)55-40(64)29(47)18-27-11-13-28(57)14-12-27/h6-14,23-25,29-33,38-39,56-57H,15-22,47H2,1-5H3,(H,48,65)(H,49,68)(H,50,58)(H,51,59)(H,52,66)(H,53,69)(H,54,67)(H,55,64)(H,60,61)(H,62,63)(H,70,71)/t25-,29+,30+,31+,32+,33+,38+,39+/m1/s1. The van der Waals surface area contributed by atoms with E-state index in [-0.39, 0.29) is 30.9 Å². The molecule has 2 aromatic rings. The normalized spacial score (nSPS) is 14.4. The summed E-state index contributed by atoms with van der Waals surface area (Å²) in [5.41, 5.74) is 7.07. The SMILES string of the molecule is CC(C)C[C@H](NC(=O)CNC(=O)[C@H](CCC(=O)O)NC(=O)CNC(=O)[C@@H](NC(=O)[C@H](Cc1ccccc1)NC(=O)[C@H](CC(=O)O)NC(=O)[C@@H](NC(=O)[C@@H](N)Cc1ccc(O)cc1)[C@@H](C)O)C(C)C)C(=O)O. The van der Waals surface area contributed by atoms with Gasteiger partial charge in [0.15, 0.2) is 0 Å². The summed E-state index contributed by atoms with van der Waals surface area (Å²) in [6, 6.07) is 3.36. The third-order valence-corrected chi connectivity index (χ3v) is 10.5. The minimum absolute atomic E-state index is 0.0257. The van der Waals surface area contributed by atoms with Gasteiger partial charge in [-0.2, -0.15) is 0 Å². The summed E-state index contributed by atoms with van der Waals surface area (Å²) in [7, 11) is 0. The number of hydrogen-bond donors (Lipinski definition) is 14. The van der Waals surface area contributed by atoms with Crippen LogP contribution in [0.5, 0.6) is 5.75 Å². The second-order valence-electron chi connectivity index (χ2n) is 17.4. The van der Waals surface area contributed by atoms with E-state index in [1.54, 1.807) is 44.2 Å². The number of aliphatic hydroxyl groups is 1. The number of rotatable bonds is 30. The molecular formula is C46H65N9O16. The van der Waals surface area contributed by atoms with Crippen molar-refractivity contribution < 1.29 is 78.3 Å². The van der Waals surface area contributed by atoms with Crippen molar-refractivity contribution in [3.8, 4) is 5.75 Å². The molecular weight excluding hydrogens is 935 g/mol. The van der Waals surface area contributed by atoms with Crippen LogP contribution in [0.4, 0.5) is 0 Å².